The van der Waals surface area contributed by atoms with Crippen molar-refractivity contribution in [2.45, 2.75) is 45.3 Å². The number of aryl methyl sites for hydroxylation is 1. The number of hydrogen-bond acceptors (Lipinski definition) is 2. The molecule has 1 aliphatic rings. The summed E-state index contributed by atoms with van der Waals surface area (Å²) < 4.78 is 0. The second kappa shape index (κ2) is 5.65. The normalized spacial score (nSPS) is 26.1. The first kappa shape index (κ1) is 12.6. The average molecular weight is 232 g/mol. The molecule has 2 heteroatoms. The van der Waals surface area contributed by atoms with Crippen LogP contribution in [-0.4, -0.2) is 30.6 Å². The molecular weight excluding hydrogens is 208 g/mol. The summed E-state index contributed by atoms with van der Waals surface area (Å²) >= 11 is 0. The van der Waals surface area contributed by atoms with Gasteiger partial charge in [-0.15, -0.1) is 0 Å². The Morgan fingerprint density at radius 1 is 1.35 bits per heavy atom. The van der Waals surface area contributed by atoms with E-state index in [1.165, 1.54) is 30.5 Å². The summed E-state index contributed by atoms with van der Waals surface area (Å²) in [7, 11) is 2.08. The first-order valence-corrected chi connectivity index (χ1v) is 6.66. The number of piperidine rings is 1. The van der Waals surface area contributed by atoms with E-state index in [1.807, 2.05) is 0 Å². The van der Waals surface area contributed by atoms with Gasteiger partial charge < -0.3 is 5.32 Å². The molecule has 1 heterocycles. The zero-order chi connectivity index (χ0) is 12.3. The Morgan fingerprint density at radius 3 is 2.76 bits per heavy atom. The molecular formula is C15H24N2. The molecule has 0 bridgehead atoms. The van der Waals surface area contributed by atoms with Crippen LogP contribution in [0.2, 0.25) is 0 Å². The van der Waals surface area contributed by atoms with E-state index >= 15 is 0 Å². The van der Waals surface area contributed by atoms with Gasteiger partial charge in [0.05, 0.1) is 0 Å². The Morgan fingerprint density at radius 2 is 2.12 bits per heavy atom. The van der Waals surface area contributed by atoms with Gasteiger partial charge in [-0.1, -0.05) is 24.3 Å². The summed E-state index contributed by atoms with van der Waals surface area (Å²) in [6.45, 7) is 6.87. The van der Waals surface area contributed by atoms with Crippen molar-refractivity contribution >= 4 is 0 Å². The van der Waals surface area contributed by atoms with Crippen LogP contribution in [0, 0.1) is 6.92 Å². The van der Waals surface area contributed by atoms with Crippen LogP contribution >= 0.6 is 0 Å². The van der Waals surface area contributed by atoms with Crippen molar-refractivity contribution in [3.05, 3.63) is 35.4 Å². The highest BCUT2D eigenvalue weighted by molar-refractivity contribution is 5.25. The molecule has 1 saturated heterocycles. The maximum Gasteiger partial charge on any atom is 0.0239 e. The maximum absolute atomic E-state index is 3.40. The average Bonchev–Trinajstić information content (AvgIpc) is 2.34. The Kier molecular flexibility index (Phi) is 4.19. The predicted molar refractivity (Wildman–Crippen MR) is 73.1 cm³/mol. The minimum atomic E-state index is 0.681. The molecule has 1 aromatic carbocycles. The van der Waals surface area contributed by atoms with Gasteiger partial charge in [-0.2, -0.15) is 0 Å². The number of nitrogens with one attached hydrogen (secondary N) is 1. The number of likely N-dealkylation sites (tertiary alicyclic amines) is 1. The molecule has 2 rings (SSSR count). The van der Waals surface area contributed by atoms with Crippen molar-refractivity contribution in [3.63, 3.8) is 0 Å². The van der Waals surface area contributed by atoms with Gasteiger partial charge >= 0.3 is 0 Å². The molecule has 1 fully saturated rings. The highest BCUT2D eigenvalue weighted by atomic mass is 15.2. The number of nitrogens with zero attached hydrogens (tertiary/aromatic N) is 1. The molecule has 0 radical (unpaired) electrons. The van der Waals surface area contributed by atoms with Gasteiger partial charge in [0.2, 0.25) is 0 Å². The zero-order valence-electron chi connectivity index (χ0n) is 11.2. The second-order valence-corrected chi connectivity index (χ2v) is 5.26. The lowest BCUT2D eigenvalue weighted by atomic mass is 9.97. The number of rotatable bonds is 3. The highest BCUT2D eigenvalue weighted by Gasteiger charge is 2.24. The monoisotopic (exact) mass is 232 g/mol. The van der Waals surface area contributed by atoms with Crippen LogP contribution in [0.4, 0.5) is 0 Å². The van der Waals surface area contributed by atoms with Gasteiger partial charge in [-0.05, 0) is 44.9 Å². The molecule has 0 saturated carbocycles. The smallest absolute Gasteiger partial charge is 0.0239 e. The third-order valence-corrected chi connectivity index (χ3v) is 4.06. The molecule has 0 spiro atoms. The zero-order valence-corrected chi connectivity index (χ0v) is 11.2. The van der Waals surface area contributed by atoms with Crippen LogP contribution < -0.4 is 5.32 Å². The lowest BCUT2D eigenvalue weighted by Gasteiger charge is -2.37. The Bertz CT molecular complexity index is 362. The van der Waals surface area contributed by atoms with Crippen LogP contribution in [0.25, 0.3) is 0 Å². The van der Waals surface area contributed by atoms with E-state index < -0.39 is 0 Å². The first-order valence-electron chi connectivity index (χ1n) is 6.66. The summed E-state index contributed by atoms with van der Waals surface area (Å²) in [5, 5.41) is 3.40. The Labute approximate surface area is 105 Å². The summed E-state index contributed by atoms with van der Waals surface area (Å²) in [6, 6.07) is 10.1. The summed E-state index contributed by atoms with van der Waals surface area (Å²) in [4.78, 5) is 2.61. The van der Waals surface area contributed by atoms with Crippen molar-refractivity contribution in [2.75, 3.05) is 13.6 Å². The first-order chi connectivity index (χ1) is 8.20. The van der Waals surface area contributed by atoms with E-state index in [0.717, 1.165) is 6.54 Å². The SMILES string of the molecule is CNC1CCN(Cc2ccccc2C)C(C)C1. The standard InChI is InChI=1S/C15H24N2/c1-12-6-4-5-7-14(12)11-17-9-8-15(16-3)10-13(17)2/h4-7,13,15-16H,8-11H2,1-3H3. The lowest BCUT2D eigenvalue weighted by molar-refractivity contribution is 0.131. The van der Waals surface area contributed by atoms with Crippen molar-refractivity contribution in [2.24, 2.45) is 0 Å². The number of benzene rings is 1. The van der Waals surface area contributed by atoms with Gasteiger partial charge in [0, 0.05) is 25.2 Å². The summed E-state index contributed by atoms with van der Waals surface area (Å²) in [5.74, 6) is 0. The predicted octanol–water partition coefficient (Wildman–Crippen LogP) is 2.57. The van der Waals surface area contributed by atoms with Gasteiger partial charge in [-0.25, -0.2) is 0 Å². The molecule has 0 amide bonds. The molecule has 1 N–H and O–H groups in total. The van der Waals surface area contributed by atoms with Crippen LogP contribution in [0.5, 0.6) is 0 Å². The van der Waals surface area contributed by atoms with Crippen molar-refractivity contribution in [1.29, 1.82) is 0 Å². The maximum atomic E-state index is 3.40. The molecule has 2 atom stereocenters. The van der Waals surface area contributed by atoms with E-state index in [4.69, 9.17) is 0 Å². The fourth-order valence-corrected chi connectivity index (χ4v) is 2.72. The molecule has 1 aromatic rings. The molecule has 17 heavy (non-hydrogen) atoms. The van der Waals surface area contributed by atoms with Crippen molar-refractivity contribution in [1.82, 2.24) is 10.2 Å². The van der Waals surface area contributed by atoms with E-state index in [-0.39, 0.29) is 0 Å². The van der Waals surface area contributed by atoms with E-state index in [2.05, 4.69) is 55.4 Å². The molecule has 1 aliphatic heterocycles. The molecule has 2 nitrogen and oxygen atoms in total. The van der Waals surface area contributed by atoms with Crippen LogP contribution in [0.3, 0.4) is 0 Å². The van der Waals surface area contributed by atoms with Crippen LogP contribution in [0.15, 0.2) is 24.3 Å². The topological polar surface area (TPSA) is 15.3 Å². The molecule has 94 valence electrons. The fourth-order valence-electron chi connectivity index (χ4n) is 2.72. The van der Waals surface area contributed by atoms with Crippen LogP contribution in [0.1, 0.15) is 30.9 Å². The Hall–Kier alpha value is -0.860. The van der Waals surface area contributed by atoms with Gasteiger partial charge in [-0.3, -0.25) is 4.90 Å². The van der Waals surface area contributed by atoms with Crippen molar-refractivity contribution < 1.29 is 0 Å². The van der Waals surface area contributed by atoms with Crippen LogP contribution in [-0.2, 0) is 6.54 Å². The molecule has 0 aliphatic carbocycles. The number of hydrogen-bond donors (Lipinski definition) is 1. The fraction of sp³-hybridized carbons (Fsp3) is 0.600. The van der Waals surface area contributed by atoms with Gasteiger partial charge in [0.25, 0.3) is 0 Å². The molecule has 0 aromatic heterocycles. The van der Waals surface area contributed by atoms with Crippen molar-refractivity contribution in [3.8, 4) is 0 Å². The Balaban J connectivity index is 1.98. The van der Waals surface area contributed by atoms with E-state index in [1.54, 1.807) is 0 Å². The second-order valence-electron chi connectivity index (χ2n) is 5.26. The van der Waals surface area contributed by atoms with E-state index in [9.17, 15) is 0 Å². The van der Waals surface area contributed by atoms with E-state index in [0.29, 0.717) is 12.1 Å². The van der Waals surface area contributed by atoms with Gasteiger partial charge in [0.1, 0.15) is 0 Å². The highest BCUT2D eigenvalue weighted by Crippen LogP contribution is 2.20. The minimum Gasteiger partial charge on any atom is -0.317 e. The summed E-state index contributed by atoms with van der Waals surface area (Å²) in [5.41, 5.74) is 2.89. The molecule has 2 unspecified atom stereocenters. The third kappa shape index (κ3) is 3.08. The third-order valence-electron chi connectivity index (χ3n) is 4.06. The van der Waals surface area contributed by atoms with Gasteiger partial charge in [0.15, 0.2) is 0 Å². The minimum absolute atomic E-state index is 0.681. The lowest BCUT2D eigenvalue weighted by Crippen LogP contribution is -2.46. The largest absolute Gasteiger partial charge is 0.317 e. The quantitative estimate of drug-likeness (QED) is 0.861. The summed E-state index contributed by atoms with van der Waals surface area (Å²) in [6.07, 6.45) is 2.54.